The number of alkyl halides is 1. The van der Waals surface area contributed by atoms with Crippen molar-refractivity contribution in [2.75, 3.05) is 24.3 Å². The van der Waals surface area contributed by atoms with Crippen LogP contribution in [-0.4, -0.2) is 30.2 Å². The Hall–Kier alpha value is -0.930. The molecule has 0 amide bonds. The maximum absolute atomic E-state index is 9.34. The van der Waals surface area contributed by atoms with Crippen molar-refractivity contribution in [3.05, 3.63) is 23.8 Å². The van der Waals surface area contributed by atoms with E-state index >= 15 is 0 Å². The monoisotopic (exact) mass is 227 g/mol. The average Bonchev–Trinajstić information content (AvgIpc) is 2.74. The van der Waals surface area contributed by atoms with E-state index in [9.17, 15) is 5.11 Å². The molecule has 0 fully saturated rings. The van der Waals surface area contributed by atoms with Crippen LogP contribution in [0.4, 0.5) is 5.69 Å². The number of rotatable bonds is 4. The second-order valence-corrected chi connectivity index (χ2v) is 3.88. The van der Waals surface area contributed by atoms with Crippen molar-refractivity contribution in [1.82, 2.24) is 0 Å². The molecule has 0 saturated carbocycles. The van der Waals surface area contributed by atoms with Crippen molar-refractivity contribution in [2.45, 2.75) is 12.5 Å². The van der Waals surface area contributed by atoms with Gasteiger partial charge in [-0.2, -0.15) is 0 Å². The molecule has 0 aromatic heterocycles. The predicted octanol–water partition coefficient (Wildman–Crippen LogP) is 1.63. The van der Waals surface area contributed by atoms with Crippen LogP contribution in [0.1, 0.15) is 5.56 Å². The fourth-order valence-electron chi connectivity index (χ4n) is 1.67. The van der Waals surface area contributed by atoms with E-state index in [1.807, 2.05) is 18.2 Å². The first-order valence-corrected chi connectivity index (χ1v) is 5.57. The van der Waals surface area contributed by atoms with E-state index in [4.69, 9.17) is 16.3 Å². The van der Waals surface area contributed by atoms with Crippen LogP contribution in [0, 0.1) is 0 Å². The van der Waals surface area contributed by atoms with Crippen LogP contribution >= 0.6 is 11.6 Å². The molecule has 0 radical (unpaired) electrons. The molecular weight excluding hydrogens is 214 g/mol. The third-order valence-electron chi connectivity index (χ3n) is 2.45. The van der Waals surface area contributed by atoms with Crippen molar-refractivity contribution in [1.29, 1.82) is 0 Å². The van der Waals surface area contributed by atoms with E-state index in [0.717, 1.165) is 24.5 Å². The lowest BCUT2D eigenvalue weighted by atomic mass is 10.1. The van der Waals surface area contributed by atoms with Crippen molar-refractivity contribution >= 4 is 17.3 Å². The molecule has 15 heavy (non-hydrogen) atoms. The zero-order chi connectivity index (χ0) is 10.7. The van der Waals surface area contributed by atoms with E-state index in [0.29, 0.717) is 6.54 Å². The first kappa shape index (κ1) is 10.6. The zero-order valence-electron chi connectivity index (χ0n) is 8.37. The van der Waals surface area contributed by atoms with Crippen LogP contribution in [-0.2, 0) is 6.42 Å². The molecule has 0 saturated heterocycles. The molecule has 0 bridgehead atoms. The van der Waals surface area contributed by atoms with Gasteiger partial charge in [-0.25, -0.2) is 0 Å². The number of ether oxygens (including phenoxy) is 1. The minimum atomic E-state index is -0.509. The van der Waals surface area contributed by atoms with Gasteiger partial charge in [0.15, 0.2) is 0 Å². The number of hydrogen-bond acceptors (Lipinski definition) is 3. The van der Waals surface area contributed by atoms with Crippen LogP contribution in [0.3, 0.4) is 0 Å². The van der Waals surface area contributed by atoms with Crippen LogP contribution in [0.2, 0.25) is 0 Å². The highest BCUT2D eigenvalue weighted by Crippen LogP contribution is 2.31. The third kappa shape index (κ3) is 2.36. The van der Waals surface area contributed by atoms with Gasteiger partial charge in [0.25, 0.3) is 0 Å². The van der Waals surface area contributed by atoms with Crippen molar-refractivity contribution in [3.63, 3.8) is 0 Å². The summed E-state index contributed by atoms with van der Waals surface area (Å²) in [6.45, 7) is 1.21. The molecule has 1 aromatic rings. The second-order valence-electron chi connectivity index (χ2n) is 3.57. The lowest BCUT2D eigenvalue weighted by Crippen LogP contribution is -2.21. The molecule has 82 valence electrons. The van der Waals surface area contributed by atoms with E-state index in [1.165, 1.54) is 5.56 Å². The molecule has 1 aliphatic rings. The molecule has 2 rings (SSSR count). The van der Waals surface area contributed by atoms with Crippen LogP contribution in [0.25, 0.3) is 0 Å². The topological polar surface area (TPSA) is 41.5 Å². The Kier molecular flexibility index (Phi) is 3.34. The Bertz CT molecular complexity index is 343. The van der Waals surface area contributed by atoms with Gasteiger partial charge in [0, 0.05) is 24.2 Å². The van der Waals surface area contributed by atoms with Gasteiger partial charge in [-0.15, -0.1) is 11.6 Å². The van der Waals surface area contributed by atoms with E-state index in [1.54, 1.807) is 0 Å². The summed E-state index contributed by atoms with van der Waals surface area (Å²) >= 11 is 5.52. The molecule has 1 aromatic carbocycles. The molecule has 1 heterocycles. The lowest BCUT2D eigenvalue weighted by molar-refractivity contribution is 0.211. The minimum absolute atomic E-state index is 0.249. The molecule has 4 heteroatoms. The Morgan fingerprint density at radius 1 is 1.53 bits per heavy atom. The van der Waals surface area contributed by atoms with Crippen molar-refractivity contribution in [3.8, 4) is 5.75 Å². The minimum Gasteiger partial charge on any atom is -0.493 e. The SMILES string of the molecule is OC(CCl)CNc1cccc2c1CCO2. The molecule has 1 unspecified atom stereocenters. The Morgan fingerprint density at radius 3 is 3.20 bits per heavy atom. The van der Waals surface area contributed by atoms with Gasteiger partial charge in [-0.1, -0.05) is 6.07 Å². The predicted molar refractivity (Wildman–Crippen MR) is 60.9 cm³/mol. The normalized spacial score (nSPS) is 15.6. The maximum atomic E-state index is 9.34. The summed E-state index contributed by atoms with van der Waals surface area (Å²) in [5.74, 6) is 1.19. The van der Waals surface area contributed by atoms with E-state index in [-0.39, 0.29) is 5.88 Å². The molecule has 1 aliphatic heterocycles. The van der Waals surface area contributed by atoms with Gasteiger partial charge in [-0.05, 0) is 12.1 Å². The van der Waals surface area contributed by atoms with Crippen molar-refractivity contribution in [2.24, 2.45) is 0 Å². The summed E-state index contributed by atoms with van der Waals surface area (Å²) in [6.07, 6.45) is 0.417. The standard InChI is InChI=1S/C11H14ClNO2/c12-6-8(14)7-13-10-2-1-3-11-9(10)4-5-15-11/h1-3,8,13-14H,4-7H2. The zero-order valence-corrected chi connectivity index (χ0v) is 9.13. The lowest BCUT2D eigenvalue weighted by Gasteiger charge is -2.12. The summed E-state index contributed by atoms with van der Waals surface area (Å²) in [4.78, 5) is 0. The summed E-state index contributed by atoms with van der Waals surface area (Å²) in [5.41, 5.74) is 2.23. The van der Waals surface area contributed by atoms with Crippen molar-refractivity contribution < 1.29 is 9.84 Å². The number of nitrogens with one attached hydrogen (secondary N) is 1. The Balaban J connectivity index is 2.06. The first-order valence-electron chi connectivity index (χ1n) is 5.04. The highest BCUT2D eigenvalue weighted by molar-refractivity contribution is 6.18. The Labute approximate surface area is 94.0 Å². The van der Waals surface area contributed by atoms with Crippen LogP contribution in [0.5, 0.6) is 5.75 Å². The summed E-state index contributed by atoms with van der Waals surface area (Å²) in [7, 11) is 0. The smallest absolute Gasteiger partial charge is 0.124 e. The molecular formula is C11H14ClNO2. The number of aliphatic hydroxyl groups is 1. The molecule has 0 spiro atoms. The van der Waals surface area contributed by atoms with Gasteiger partial charge in [0.2, 0.25) is 0 Å². The summed E-state index contributed by atoms with van der Waals surface area (Å²) < 4.78 is 5.44. The fourth-order valence-corrected chi connectivity index (χ4v) is 1.78. The van der Waals surface area contributed by atoms with Gasteiger partial charge in [-0.3, -0.25) is 0 Å². The molecule has 1 atom stereocenters. The van der Waals surface area contributed by atoms with Gasteiger partial charge in [0.05, 0.1) is 18.6 Å². The largest absolute Gasteiger partial charge is 0.493 e. The first-order chi connectivity index (χ1) is 7.31. The molecule has 3 nitrogen and oxygen atoms in total. The number of hydrogen-bond donors (Lipinski definition) is 2. The van der Waals surface area contributed by atoms with Gasteiger partial charge < -0.3 is 15.2 Å². The van der Waals surface area contributed by atoms with Gasteiger partial charge in [0.1, 0.15) is 5.75 Å². The number of halogens is 1. The summed E-state index contributed by atoms with van der Waals surface area (Å²) in [5, 5.41) is 12.5. The summed E-state index contributed by atoms with van der Waals surface area (Å²) in [6, 6.07) is 5.90. The highest BCUT2D eigenvalue weighted by atomic mass is 35.5. The maximum Gasteiger partial charge on any atom is 0.124 e. The van der Waals surface area contributed by atoms with Gasteiger partial charge >= 0.3 is 0 Å². The average molecular weight is 228 g/mol. The quantitative estimate of drug-likeness (QED) is 0.769. The fraction of sp³-hybridized carbons (Fsp3) is 0.455. The third-order valence-corrected chi connectivity index (χ3v) is 2.81. The number of anilines is 1. The highest BCUT2D eigenvalue weighted by Gasteiger charge is 2.15. The number of fused-ring (bicyclic) bond motifs is 1. The van der Waals surface area contributed by atoms with Crippen LogP contribution in [0.15, 0.2) is 18.2 Å². The Morgan fingerprint density at radius 2 is 2.40 bits per heavy atom. The number of aliphatic hydroxyl groups excluding tert-OH is 1. The molecule has 2 N–H and O–H groups in total. The van der Waals surface area contributed by atoms with Crippen LogP contribution < -0.4 is 10.1 Å². The van der Waals surface area contributed by atoms with E-state index < -0.39 is 6.10 Å². The second kappa shape index (κ2) is 4.73. The molecule has 0 aliphatic carbocycles. The number of benzene rings is 1. The van der Waals surface area contributed by atoms with E-state index in [2.05, 4.69) is 5.32 Å².